The van der Waals surface area contributed by atoms with Gasteiger partial charge in [-0.1, -0.05) is 12.8 Å². The van der Waals surface area contributed by atoms with Gasteiger partial charge in [0.2, 0.25) is 5.91 Å². The molecule has 1 atom stereocenters. The number of hydrogen-bond acceptors (Lipinski definition) is 3. The SMILES string of the molecule is CC(=O)c1ccc(NC(=O)C(C)N2CCCCCC2)cc1. The summed E-state index contributed by atoms with van der Waals surface area (Å²) < 4.78 is 0. The van der Waals surface area contributed by atoms with Gasteiger partial charge in [-0.2, -0.15) is 0 Å². The summed E-state index contributed by atoms with van der Waals surface area (Å²) in [5.74, 6) is 0.0540. The highest BCUT2D eigenvalue weighted by Crippen LogP contribution is 2.15. The molecular formula is C17H24N2O2. The number of nitrogens with zero attached hydrogens (tertiary/aromatic N) is 1. The van der Waals surface area contributed by atoms with Gasteiger partial charge < -0.3 is 5.32 Å². The Bertz CT molecular complexity index is 488. The minimum absolute atomic E-state index is 0.0208. The number of likely N-dealkylation sites (tertiary alicyclic amines) is 1. The van der Waals surface area contributed by atoms with E-state index in [9.17, 15) is 9.59 Å². The number of amides is 1. The average molecular weight is 288 g/mol. The Morgan fingerprint density at radius 2 is 1.62 bits per heavy atom. The molecule has 1 N–H and O–H groups in total. The van der Waals surface area contributed by atoms with Crippen LogP contribution in [0.25, 0.3) is 0 Å². The van der Waals surface area contributed by atoms with E-state index in [4.69, 9.17) is 0 Å². The Labute approximate surface area is 126 Å². The molecular weight excluding hydrogens is 264 g/mol. The topological polar surface area (TPSA) is 49.4 Å². The van der Waals surface area contributed by atoms with E-state index in [-0.39, 0.29) is 17.7 Å². The highest BCUT2D eigenvalue weighted by Gasteiger charge is 2.22. The molecule has 1 aliphatic heterocycles. The van der Waals surface area contributed by atoms with Crippen LogP contribution in [0.1, 0.15) is 49.9 Å². The Balaban J connectivity index is 1.94. The molecule has 0 spiro atoms. The molecule has 0 aromatic heterocycles. The summed E-state index contributed by atoms with van der Waals surface area (Å²) >= 11 is 0. The summed E-state index contributed by atoms with van der Waals surface area (Å²) in [6.07, 6.45) is 4.87. The fraction of sp³-hybridized carbons (Fsp3) is 0.529. The number of nitrogens with one attached hydrogen (secondary N) is 1. The van der Waals surface area contributed by atoms with Gasteiger partial charge in [-0.15, -0.1) is 0 Å². The number of carbonyl (C=O) groups excluding carboxylic acids is 2. The number of rotatable bonds is 4. The Morgan fingerprint density at radius 3 is 2.14 bits per heavy atom. The molecule has 0 radical (unpaired) electrons. The van der Waals surface area contributed by atoms with Crippen molar-refractivity contribution in [3.8, 4) is 0 Å². The smallest absolute Gasteiger partial charge is 0.241 e. The zero-order valence-electron chi connectivity index (χ0n) is 12.9. The van der Waals surface area contributed by atoms with Crippen LogP contribution >= 0.6 is 0 Å². The third-order valence-corrected chi connectivity index (χ3v) is 4.13. The van der Waals surface area contributed by atoms with E-state index in [2.05, 4.69) is 10.2 Å². The van der Waals surface area contributed by atoms with Crippen LogP contribution in [-0.2, 0) is 4.79 Å². The fourth-order valence-electron chi connectivity index (χ4n) is 2.68. The van der Waals surface area contributed by atoms with Gasteiger partial charge in [0.25, 0.3) is 0 Å². The Hall–Kier alpha value is -1.68. The lowest BCUT2D eigenvalue weighted by molar-refractivity contribution is -0.120. The first-order chi connectivity index (χ1) is 10.1. The fourth-order valence-corrected chi connectivity index (χ4v) is 2.68. The molecule has 4 nitrogen and oxygen atoms in total. The molecule has 4 heteroatoms. The van der Waals surface area contributed by atoms with Crippen LogP contribution < -0.4 is 5.32 Å². The summed E-state index contributed by atoms with van der Waals surface area (Å²) in [5.41, 5.74) is 1.40. The van der Waals surface area contributed by atoms with Crippen molar-refractivity contribution in [2.24, 2.45) is 0 Å². The third kappa shape index (κ3) is 4.39. The maximum absolute atomic E-state index is 12.3. The van der Waals surface area contributed by atoms with Crippen LogP contribution in [0.2, 0.25) is 0 Å². The molecule has 0 saturated carbocycles. The normalized spacial score (nSPS) is 17.8. The number of carbonyl (C=O) groups is 2. The van der Waals surface area contributed by atoms with Crippen molar-refractivity contribution in [1.29, 1.82) is 0 Å². The van der Waals surface area contributed by atoms with Crippen molar-refractivity contribution in [3.63, 3.8) is 0 Å². The predicted octanol–water partition coefficient (Wildman–Crippen LogP) is 3.09. The number of ketones is 1. The summed E-state index contributed by atoms with van der Waals surface area (Å²) in [4.78, 5) is 25.8. The van der Waals surface area contributed by atoms with Crippen LogP contribution in [0.5, 0.6) is 0 Å². The largest absolute Gasteiger partial charge is 0.325 e. The number of Topliss-reactive ketones (excluding diaryl/α,β-unsaturated/α-hetero) is 1. The van der Waals surface area contributed by atoms with E-state index in [1.54, 1.807) is 24.3 Å². The quantitative estimate of drug-likeness (QED) is 0.866. The van der Waals surface area contributed by atoms with Crippen molar-refractivity contribution in [1.82, 2.24) is 4.90 Å². The van der Waals surface area contributed by atoms with Crippen LogP contribution in [0.3, 0.4) is 0 Å². The first kappa shape index (κ1) is 15.7. The lowest BCUT2D eigenvalue weighted by Crippen LogP contribution is -2.42. The molecule has 0 aliphatic carbocycles. The molecule has 1 saturated heterocycles. The zero-order valence-corrected chi connectivity index (χ0v) is 12.9. The number of hydrogen-bond donors (Lipinski definition) is 1. The van der Waals surface area contributed by atoms with E-state index in [1.807, 2.05) is 6.92 Å². The molecule has 1 amide bonds. The van der Waals surface area contributed by atoms with E-state index in [0.717, 1.165) is 18.8 Å². The van der Waals surface area contributed by atoms with Gasteiger partial charge in [0, 0.05) is 11.3 Å². The highest BCUT2D eigenvalue weighted by atomic mass is 16.2. The van der Waals surface area contributed by atoms with Crippen molar-refractivity contribution in [3.05, 3.63) is 29.8 Å². The lowest BCUT2D eigenvalue weighted by Gasteiger charge is -2.26. The maximum Gasteiger partial charge on any atom is 0.241 e. The van der Waals surface area contributed by atoms with Crippen LogP contribution in [-0.4, -0.2) is 35.7 Å². The Morgan fingerprint density at radius 1 is 1.05 bits per heavy atom. The molecule has 1 unspecified atom stereocenters. The average Bonchev–Trinajstić information content (AvgIpc) is 2.76. The van der Waals surface area contributed by atoms with Gasteiger partial charge in [0.1, 0.15) is 0 Å². The van der Waals surface area contributed by atoms with Gasteiger partial charge in [-0.25, -0.2) is 0 Å². The molecule has 114 valence electrons. The standard InChI is InChI=1S/C17H24N2O2/c1-13(19-11-5-3-4-6-12-19)17(21)18-16-9-7-15(8-10-16)14(2)20/h7-10,13H,3-6,11-12H2,1-2H3,(H,18,21). The van der Waals surface area contributed by atoms with Crippen LogP contribution in [0.15, 0.2) is 24.3 Å². The van der Waals surface area contributed by atoms with Gasteiger partial charge in [-0.3, -0.25) is 14.5 Å². The van der Waals surface area contributed by atoms with Gasteiger partial charge in [-0.05, 0) is 64.0 Å². The Kier molecular flexibility index (Phi) is 5.51. The summed E-state index contributed by atoms with van der Waals surface area (Å²) in [5, 5.41) is 2.93. The molecule has 1 aromatic carbocycles. The molecule has 1 aromatic rings. The van der Waals surface area contributed by atoms with Crippen molar-refractivity contribution < 1.29 is 9.59 Å². The van der Waals surface area contributed by atoms with Gasteiger partial charge in [0.05, 0.1) is 6.04 Å². The van der Waals surface area contributed by atoms with Crippen molar-refractivity contribution in [2.75, 3.05) is 18.4 Å². The van der Waals surface area contributed by atoms with E-state index < -0.39 is 0 Å². The van der Waals surface area contributed by atoms with E-state index >= 15 is 0 Å². The molecule has 2 rings (SSSR count). The minimum atomic E-state index is -0.115. The second-order valence-electron chi connectivity index (χ2n) is 5.75. The second kappa shape index (κ2) is 7.36. The van der Waals surface area contributed by atoms with Crippen molar-refractivity contribution in [2.45, 2.75) is 45.6 Å². The summed E-state index contributed by atoms with van der Waals surface area (Å²) in [6, 6.07) is 6.94. The highest BCUT2D eigenvalue weighted by molar-refractivity contribution is 5.96. The first-order valence-corrected chi connectivity index (χ1v) is 7.74. The predicted molar refractivity (Wildman–Crippen MR) is 84.6 cm³/mol. The van der Waals surface area contributed by atoms with Gasteiger partial charge >= 0.3 is 0 Å². The van der Waals surface area contributed by atoms with Crippen LogP contribution in [0, 0.1) is 0 Å². The van der Waals surface area contributed by atoms with E-state index in [1.165, 1.54) is 32.6 Å². The number of benzene rings is 1. The molecule has 1 fully saturated rings. The molecule has 1 heterocycles. The minimum Gasteiger partial charge on any atom is -0.325 e. The second-order valence-corrected chi connectivity index (χ2v) is 5.75. The van der Waals surface area contributed by atoms with Crippen LogP contribution in [0.4, 0.5) is 5.69 Å². The van der Waals surface area contributed by atoms with Gasteiger partial charge in [0.15, 0.2) is 5.78 Å². The van der Waals surface area contributed by atoms with E-state index in [0.29, 0.717) is 5.56 Å². The molecule has 0 bridgehead atoms. The lowest BCUT2D eigenvalue weighted by atomic mass is 10.1. The molecule has 21 heavy (non-hydrogen) atoms. The molecule has 1 aliphatic rings. The maximum atomic E-state index is 12.3. The summed E-state index contributed by atoms with van der Waals surface area (Å²) in [6.45, 7) is 5.50. The zero-order chi connectivity index (χ0) is 15.2. The third-order valence-electron chi connectivity index (χ3n) is 4.13. The monoisotopic (exact) mass is 288 g/mol. The summed E-state index contributed by atoms with van der Waals surface area (Å²) in [7, 11) is 0. The number of anilines is 1. The van der Waals surface area contributed by atoms with Crippen molar-refractivity contribution >= 4 is 17.4 Å². The first-order valence-electron chi connectivity index (χ1n) is 7.74.